The van der Waals surface area contributed by atoms with Gasteiger partial charge < -0.3 is 36.0 Å². The summed E-state index contributed by atoms with van der Waals surface area (Å²) in [6, 6.07) is 15.6. The summed E-state index contributed by atoms with van der Waals surface area (Å²) in [7, 11) is -31.8. The fraction of sp³-hybridized carbons (Fsp3) is 0. The average molecular weight is 1400 g/mol. The summed E-state index contributed by atoms with van der Waals surface area (Å²) in [6.45, 7) is 0. The summed E-state index contributed by atoms with van der Waals surface area (Å²) in [4.78, 5) is 17.0. The molecule has 0 aliphatic carbocycles. The van der Waals surface area contributed by atoms with E-state index in [4.69, 9.17) is 23.2 Å². The first-order valence-electron chi connectivity index (χ1n) is 23.0. The molecule has 0 amide bonds. The van der Waals surface area contributed by atoms with Crippen LogP contribution < -0.4 is 21.3 Å². The molecule has 2 heterocycles. The van der Waals surface area contributed by atoms with Crippen LogP contribution in [-0.4, -0.2) is 127 Å². The van der Waals surface area contributed by atoms with Gasteiger partial charge in [0.05, 0.1) is 21.2 Å². The number of hydrogen-bond acceptors (Lipinski definition) is 30. The lowest BCUT2D eigenvalue weighted by atomic mass is 10.1. The lowest BCUT2D eigenvalue weighted by Crippen LogP contribution is -2.06. The standard InChI is InChI=1S/C44H30Cl2N14O22S7/c45-39-51-41(47-20-4-3-5-22(14-20)83(63)64)55-43(53-39)49-28-17-24(85(68,69)70)11-19-13-32(89(80,81)82)36(38(62)34(19)28)60-58-26-15-21(8-9-30(26)87(74,75)76)48-42-52-40(46)54-44(56-42)50-27-16-23(84(65,66)67)10-18-12-31(88(77,78)79)35(37(61)33(18)27)59-57-25-6-1-2-7-29(25)86(71,72)73/h1-17,61-62H,(H,63,64)(H,65,66,67)(H,68,69,70)(H,71,72,73)(H,74,75,76)(H,77,78,79)(H,80,81,82)(H2,47,49,51,53,55)(H2,48,50,52,54,56)/p-1. The summed E-state index contributed by atoms with van der Waals surface area (Å²) < 4.78 is 235. The van der Waals surface area contributed by atoms with E-state index in [0.717, 1.165) is 24.3 Å². The second-order valence-electron chi connectivity index (χ2n) is 17.4. The summed E-state index contributed by atoms with van der Waals surface area (Å²) in [5, 5.41) is 44.8. The molecule has 1 unspecified atom stereocenters. The third-order valence-corrected chi connectivity index (χ3v) is 17.7. The largest absolute Gasteiger partial charge is 0.768 e. The van der Waals surface area contributed by atoms with E-state index in [9.17, 15) is 96.8 Å². The van der Waals surface area contributed by atoms with Crippen molar-refractivity contribution in [3.63, 3.8) is 0 Å². The van der Waals surface area contributed by atoms with E-state index >= 15 is 0 Å². The van der Waals surface area contributed by atoms with Gasteiger partial charge in [0.2, 0.25) is 34.4 Å². The van der Waals surface area contributed by atoms with Crippen molar-refractivity contribution in [1.82, 2.24) is 29.9 Å². The van der Waals surface area contributed by atoms with Crippen LogP contribution in [0.25, 0.3) is 21.5 Å². The molecule has 0 aliphatic rings. The topological polar surface area (TPSA) is 582 Å². The molecular formula is C44H29Cl2N14O22S7-. The van der Waals surface area contributed by atoms with E-state index in [1.807, 2.05) is 0 Å². The number of nitrogens with one attached hydrogen (secondary N) is 4. The van der Waals surface area contributed by atoms with E-state index in [2.05, 4.69) is 71.6 Å². The highest BCUT2D eigenvalue weighted by atomic mass is 35.5. The summed E-state index contributed by atoms with van der Waals surface area (Å²) in [5.74, 6) is -4.75. The SMILES string of the molecule is O=S([O-])c1cccc(Nc2nc(Cl)nc(Nc3cc(S(=O)(=O)O)cc4cc(S(=O)(=O)O)c(N=Nc5cc(Nc6nc(Cl)nc(Nc7cc(S(=O)(=O)O)cc8cc(S(=O)(=O)O)c(N=Nc9ccccc9S(=O)(=O)O)c(O)c78)n6)ccc5S(=O)(=O)O)c(O)c34)n2)c1. The van der Waals surface area contributed by atoms with Gasteiger partial charge in [0, 0.05) is 27.0 Å². The van der Waals surface area contributed by atoms with Gasteiger partial charge in [-0.1, -0.05) is 18.2 Å². The van der Waals surface area contributed by atoms with Crippen LogP contribution in [-0.2, 0) is 71.8 Å². The van der Waals surface area contributed by atoms with Crippen LogP contribution in [0.5, 0.6) is 11.5 Å². The number of nitrogens with zero attached hydrogens (tertiary/aromatic N) is 10. The molecule has 0 fully saturated rings. The molecule has 1 atom stereocenters. The number of phenols is 2. The van der Waals surface area contributed by atoms with Crippen molar-refractivity contribution in [3.8, 4) is 11.5 Å². The van der Waals surface area contributed by atoms with Crippen LogP contribution in [0.2, 0.25) is 10.6 Å². The number of aromatic nitrogens is 6. The fourth-order valence-corrected chi connectivity index (χ4v) is 12.3. The van der Waals surface area contributed by atoms with Crippen LogP contribution in [0.15, 0.2) is 158 Å². The zero-order valence-corrected chi connectivity index (χ0v) is 49.9. The van der Waals surface area contributed by atoms with E-state index in [1.54, 1.807) is 0 Å². The minimum atomic E-state index is -5.58. The molecule has 464 valence electrons. The first-order valence-corrected chi connectivity index (χ1v) is 33.5. The molecule has 0 radical (unpaired) electrons. The molecule has 36 nitrogen and oxygen atoms in total. The van der Waals surface area contributed by atoms with Gasteiger partial charge in [-0.25, -0.2) is 0 Å². The maximum Gasteiger partial charge on any atom is 0.296 e. The second kappa shape index (κ2) is 24.0. The monoisotopic (exact) mass is 1400 g/mol. The Morgan fingerprint density at radius 1 is 0.416 bits per heavy atom. The molecular weight excluding hydrogens is 1370 g/mol. The Kier molecular flexibility index (Phi) is 17.4. The Labute approximate surface area is 510 Å². The van der Waals surface area contributed by atoms with Crippen LogP contribution in [0, 0.1) is 0 Å². The van der Waals surface area contributed by atoms with E-state index in [1.165, 1.54) is 36.4 Å². The van der Waals surface area contributed by atoms with E-state index in [-0.39, 0.29) is 22.2 Å². The summed E-state index contributed by atoms with van der Waals surface area (Å²) in [5.41, 5.74) is -5.27. The lowest BCUT2D eigenvalue weighted by molar-refractivity contribution is 0.471. The van der Waals surface area contributed by atoms with E-state index < -0.39 is 197 Å². The minimum absolute atomic E-state index is 0.109. The normalized spacial score (nSPS) is 13.1. The Hall–Kier alpha value is -8.77. The lowest BCUT2D eigenvalue weighted by Gasteiger charge is -2.15. The maximum atomic E-state index is 13.0. The Bertz CT molecular complexity index is 5330. The van der Waals surface area contributed by atoms with Crippen molar-refractivity contribution in [3.05, 3.63) is 114 Å². The van der Waals surface area contributed by atoms with Crippen molar-refractivity contribution in [2.45, 2.75) is 34.3 Å². The van der Waals surface area contributed by atoms with Crippen LogP contribution >= 0.6 is 23.2 Å². The Morgan fingerprint density at radius 3 is 1.25 bits per heavy atom. The number of fused-ring (bicyclic) bond motifs is 2. The van der Waals surface area contributed by atoms with Gasteiger partial charge in [-0.15, -0.1) is 20.5 Å². The minimum Gasteiger partial charge on any atom is -0.768 e. The number of aromatic hydroxyl groups is 2. The number of benzene rings is 7. The van der Waals surface area contributed by atoms with Gasteiger partial charge in [-0.05, 0) is 130 Å². The van der Waals surface area contributed by atoms with Crippen molar-refractivity contribution < 1.29 is 96.8 Å². The molecule has 9 rings (SSSR count). The molecule has 0 bridgehead atoms. The third kappa shape index (κ3) is 14.7. The Balaban J connectivity index is 1.12. The smallest absolute Gasteiger partial charge is 0.296 e. The number of hydrogen-bond donors (Lipinski definition) is 12. The van der Waals surface area contributed by atoms with Gasteiger partial charge in [-0.2, -0.15) is 80.4 Å². The Morgan fingerprint density at radius 2 is 0.820 bits per heavy atom. The predicted octanol–water partition coefficient (Wildman–Crippen LogP) is 7.60. The number of halogens is 2. The molecule has 2 aromatic heterocycles. The molecule has 9 aromatic rings. The molecule has 0 aliphatic heterocycles. The molecule has 7 aromatic carbocycles. The number of rotatable bonds is 19. The van der Waals surface area contributed by atoms with E-state index in [0.29, 0.717) is 42.5 Å². The first-order chi connectivity index (χ1) is 41.3. The quantitative estimate of drug-likeness (QED) is 0.0210. The number of azo groups is 2. The highest BCUT2D eigenvalue weighted by molar-refractivity contribution is 7.87. The predicted molar refractivity (Wildman–Crippen MR) is 308 cm³/mol. The fourth-order valence-electron chi connectivity index (χ4n) is 7.96. The van der Waals surface area contributed by atoms with Crippen molar-refractivity contribution in [1.29, 1.82) is 0 Å². The molecule has 12 N–H and O–H groups in total. The number of phenolic OH excluding ortho intramolecular Hbond substituents is 2. The highest BCUT2D eigenvalue weighted by Gasteiger charge is 2.29. The van der Waals surface area contributed by atoms with Gasteiger partial charge >= 0.3 is 0 Å². The van der Waals surface area contributed by atoms with Crippen molar-refractivity contribution in [2.75, 3.05) is 21.3 Å². The highest BCUT2D eigenvalue weighted by Crippen LogP contribution is 2.48. The maximum absolute atomic E-state index is 13.0. The van der Waals surface area contributed by atoms with Crippen molar-refractivity contribution >= 4 is 186 Å². The van der Waals surface area contributed by atoms with Gasteiger partial charge in [0.1, 0.15) is 42.3 Å². The molecule has 0 saturated heterocycles. The van der Waals surface area contributed by atoms with Crippen LogP contribution in [0.3, 0.4) is 0 Å². The average Bonchev–Trinajstić information content (AvgIpc) is 0.920. The molecule has 89 heavy (non-hydrogen) atoms. The summed E-state index contributed by atoms with van der Waals surface area (Å²) >= 11 is 9.71. The molecule has 0 saturated carbocycles. The second-order valence-corrected chi connectivity index (χ2v) is 27.5. The zero-order chi connectivity index (χ0) is 65.1. The van der Waals surface area contributed by atoms with Crippen LogP contribution in [0.1, 0.15) is 0 Å². The molecule has 45 heteroatoms. The zero-order valence-electron chi connectivity index (χ0n) is 42.7. The van der Waals surface area contributed by atoms with Gasteiger partial charge in [-0.3, -0.25) is 31.5 Å². The first kappa shape index (κ1) is 64.7. The summed E-state index contributed by atoms with van der Waals surface area (Å²) in [6.07, 6.45) is 0. The van der Waals surface area contributed by atoms with Crippen LogP contribution in [0.4, 0.5) is 69.3 Å². The third-order valence-electron chi connectivity index (χ3n) is 11.5. The van der Waals surface area contributed by atoms with Gasteiger partial charge in [0.15, 0.2) is 11.5 Å². The van der Waals surface area contributed by atoms with Gasteiger partial charge in [0.25, 0.3) is 60.7 Å². The molecule has 0 spiro atoms. The van der Waals surface area contributed by atoms with Crippen molar-refractivity contribution in [2.24, 2.45) is 20.5 Å². The number of anilines is 8.